The average molecular weight is 352 g/mol. The van der Waals surface area contributed by atoms with Crippen molar-refractivity contribution >= 4 is 0 Å². The van der Waals surface area contributed by atoms with Gasteiger partial charge in [0.2, 0.25) is 0 Å². The predicted molar refractivity (Wildman–Crippen MR) is 90.1 cm³/mol. The maximum absolute atomic E-state index is 12.7. The maximum atomic E-state index is 12.7. The highest BCUT2D eigenvalue weighted by molar-refractivity contribution is 5.60. The lowest BCUT2D eigenvalue weighted by atomic mass is 9.82. The van der Waals surface area contributed by atoms with E-state index in [9.17, 15) is 18.3 Å². The molecule has 1 heterocycles. The van der Waals surface area contributed by atoms with Crippen LogP contribution in [0, 0.1) is 5.92 Å². The number of hydrogen-bond donors (Lipinski definition) is 1. The minimum Gasteiger partial charge on any atom is -0.461 e. The lowest BCUT2D eigenvalue weighted by molar-refractivity contribution is -0.137. The van der Waals surface area contributed by atoms with Gasteiger partial charge in [-0.2, -0.15) is 13.2 Å². The van der Waals surface area contributed by atoms with Crippen LogP contribution in [0.3, 0.4) is 0 Å². The number of aliphatic hydroxyl groups excluding tert-OH is 1. The molecular weight excluding hydrogens is 329 g/mol. The molecule has 1 fully saturated rings. The molecule has 1 atom stereocenters. The fraction of sp³-hybridized carbons (Fsp3) is 0.500. The summed E-state index contributed by atoms with van der Waals surface area (Å²) in [6.45, 7) is 1.95. The predicted octanol–water partition coefficient (Wildman–Crippen LogP) is 6.14. The van der Waals surface area contributed by atoms with Gasteiger partial charge in [0.1, 0.15) is 11.5 Å². The van der Waals surface area contributed by atoms with Gasteiger partial charge < -0.3 is 9.52 Å². The van der Waals surface area contributed by atoms with Crippen molar-refractivity contribution in [2.75, 3.05) is 0 Å². The molecule has 1 N–H and O–H groups in total. The minimum absolute atomic E-state index is 0.233. The van der Waals surface area contributed by atoms with Crippen molar-refractivity contribution in [2.24, 2.45) is 5.92 Å². The highest BCUT2D eigenvalue weighted by Crippen LogP contribution is 2.39. The van der Waals surface area contributed by atoms with Crippen molar-refractivity contribution < 1.29 is 22.7 Å². The molecule has 1 unspecified atom stereocenters. The molecule has 1 aliphatic carbocycles. The van der Waals surface area contributed by atoms with Gasteiger partial charge in [0.15, 0.2) is 0 Å². The normalized spacial score (nSPS) is 17.6. The first-order chi connectivity index (χ1) is 11.9. The van der Waals surface area contributed by atoms with Crippen LogP contribution in [0.15, 0.2) is 34.7 Å². The van der Waals surface area contributed by atoms with E-state index in [1.807, 2.05) is 6.92 Å². The number of furan rings is 1. The SMILES string of the molecule is CCc1oc(-c2ccc(C(F)(F)F)cc2)cc1C(O)C1CCCCC1. The van der Waals surface area contributed by atoms with Crippen LogP contribution in [0.1, 0.15) is 62.0 Å². The van der Waals surface area contributed by atoms with E-state index < -0.39 is 17.8 Å². The molecule has 3 rings (SSSR count). The Morgan fingerprint density at radius 1 is 1.12 bits per heavy atom. The molecule has 0 aliphatic heterocycles. The Kier molecular flexibility index (Phi) is 5.23. The summed E-state index contributed by atoms with van der Waals surface area (Å²) >= 11 is 0. The minimum atomic E-state index is -4.35. The van der Waals surface area contributed by atoms with E-state index in [1.165, 1.54) is 18.6 Å². The van der Waals surface area contributed by atoms with Crippen LogP contribution in [-0.2, 0) is 12.6 Å². The van der Waals surface area contributed by atoms with Crippen molar-refractivity contribution in [3.8, 4) is 11.3 Å². The fourth-order valence-electron chi connectivity index (χ4n) is 3.64. The Hall–Kier alpha value is -1.75. The van der Waals surface area contributed by atoms with Crippen molar-refractivity contribution in [1.82, 2.24) is 0 Å². The Bertz CT molecular complexity index is 695. The summed E-state index contributed by atoms with van der Waals surface area (Å²) in [6.07, 6.45) is 1.21. The molecule has 0 spiro atoms. The number of aliphatic hydroxyl groups is 1. The number of alkyl halides is 3. The van der Waals surface area contributed by atoms with Crippen molar-refractivity contribution in [3.05, 3.63) is 47.2 Å². The molecule has 2 nitrogen and oxygen atoms in total. The molecule has 1 aliphatic rings. The smallest absolute Gasteiger partial charge is 0.416 e. The second-order valence-corrected chi connectivity index (χ2v) is 6.76. The van der Waals surface area contributed by atoms with Gasteiger partial charge in [-0.15, -0.1) is 0 Å². The third kappa shape index (κ3) is 3.92. The van der Waals surface area contributed by atoms with Crippen LogP contribution in [0.25, 0.3) is 11.3 Å². The van der Waals surface area contributed by atoms with Gasteiger partial charge in [-0.05, 0) is 37.0 Å². The second kappa shape index (κ2) is 7.24. The van der Waals surface area contributed by atoms with Crippen LogP contribution < -0.4 is 0 Å². The summed E-state index contributed by atoms with van der Waals surface area (Å²) in [5.41, 5.74) is 0.690. The quantitative estimate of drug-likeness (QED) is 0.717. The van der Waals surface area contributed by atoms with Crippen LogP contribution >= 0.6 is 0 Å². The molecule has 0 saturated heterocycles. The summed E-state index contributed by atoms with van der Waals surface area (Å²) in [5, 5.41) is 10.8. The molecule has 136 valence electrons. The van der Waals surface area contributed by atoms with E-state index in [-0.39, 0.29) is 5.92 Å². The Balaban J connectivity index is 1.87. The topological polar surface area (TPSA) is 33.4 Å². The fourth-order valence-corrected chi connectivity index (χ4v) is 3.64. The number of aryl methyl sites for hydroxylation is 1. The van der Waals surface area contributed by atoms with E-state index in [4.69, 9.17) is 4.42 Å². The summed E-state index contributed by atoms with van der Waals surface area (Å²) in [4.78, 5) is 0. The zero-order valence-electron chi connectivity index (χ0n) is 14.3. The first kappa shape index (κ1) is 18.1. The zero-order chi connectivity index (χ0) is 18.0. The molecular formula is C20H23F3O2. The van der Waals surface area contributed by atoms with Gasteiger partial charge in [-0.1, -0.05) is 38.3 Å². The monoisotopic (exact) mass is 352 g/mol. The van der Waals surface area contributed by atoms with Gasteiger partial charge in [0.05, 0.1) is 11.7 Å². The van der Waals surface area contributed by atoms with E-state index >= 15 is 0 Å². The van der Waals surface area contributed by atoms with Gasteiger partial charge in [-0.3, -0.25) is 0 Å². The number of halogens is 3. The zero-order valence-corrected chi connectivity index (χ0v) is 14.3. The first-order valence-electron chi connectivity index (χ1n) is 8.88. The lowest BCUT2D eigenvalue weighted by Gasteiger charge is -2.26. The molecule has 0 radical (unpaired) electrons. The van der Waals surface area contributed by atoms with Crippen LogP contribution in [-0.4, -0.2) is 5.11 Å². The Morgan fingerprint density at radius 2 is 1.76 bits per heavy atom. The maximum Gasteiger partial charge on any atom is 0.416 e. The summed E-state index contributed by atoms with van der Waals surface area (Å²) in [7, 11) is 0. The van der Waals surface area contributed by atoms with Gasteiger partial charge >= 0.3 is 6.18 Å². The summed E-state index contributed by atoms with van der Waals surface area (Å²) < 4.78 is 43.9. The number of benzene rings is 1. The van der Waals surface area contributed by atoms with Gasteiger partial charge in [-0.25, -0.2) is 0 Å². The first-order valence-corrected chi connectivity index (χ1v) is 8.88. The standard InChI is InChI=1S/C20H23F3O2/c1-2-17-16(19(24)14-6-4-3-5-7-14)12-18(25-17)13-8-10-15(11-9-13)20(21,22)23/h8-12,14,19,24H,2-7H2,1H3. The van der Waals surface area contributed by atoms with Crippen molar-refractivity contribution in [3.63, 3.8) is 0 Å². The van der Waals surface area contributed by atoms with E-state index in [2.05, 4.69) is 0 Å². The van der Waals surface area contributed by atoms with E-state index in [0.29, 0.717) is 23.5 Å². The molecule has 1 aromatic carbocycles. The second-order valence-electron chi connectivity index (χ2n) is 6.76. The summed E-state index contributed by atoms with van der Waals surface area (Å²) in [5.74, 6) is 1.46. The number of hydrogen-bond acceptors (Lipinski definition) is 2. The third-order valence-corrected chi connectivity index (χ3v) is 5.07. The average Bonchev–Trinajstić information content (AvgIpc) is 3.05. The molecule has 0 bridgehead atoms. The Labute approximate surface area is 145 Å². The van der Waals surface area contributed by atoms with Gasteiger partial charge in [0.25, 0.3) is 0 Å². The van der Waals surface area contributed by atoms with Crippen molar-refractivity contribution in [1.29, 1.82) is 0 Å². The molecule has 0 amide bonds. The van der Waals surface area contributed by atoms with Crippen LogP contribution in [0.2, 0.25) is 0 Å². The molecule has 1 saturated carbocycles. The van der Waals surface area contributed by atoms with Crippen molar-refractivity contribution in [2.45, 2.75) is 57.7 Å². The van der Waals surface area contributed by atoms with Gasteiger partial charge in [0, 0.05) is 17.5 Å². The lowest BCUT2D eigenvalue weighted by Crippen LogP contribution is -2.16. The third-order valence-electron chi connectivity index (χ3n) is 5.07. The van der Waals surface area contributed by atoms with Crippen LogP contribution in [0.5, 0.6) is 0 Å². The molecule has 2 aromatic rings. The van der Waals surface area contributed by atoms with E-state index in [1.54, 1.807) is 6.07 Å². The van der Waals surface area contributed by atoms with E-state index in [0.717, 1.165) is 43.4 Å². The molecule has 5 heteroatoms. The molecule has 25 heavy (non-hydrogen) atoms. The summed E-state index contributed by atoms with van der Waals surface area (Å²) in [6, 6.07) is 6.73. The largest absolute Gasteiger partial charge is 0.461 e. The molecule has 1 aromatic heterocycles. The number of rotatable bonds is 4. The highest BCUT2D eigenvalue weighted by atomic mass is 19.4. The Morgan fingerprint density at radius 3 is 2.32 bits per heavy atom. The van der Waals surface area contributed by atoms with Crippen LogP contribution in [0.4, 0.5) is 13.2 Å². The highest BCUT2D eigenvalue weighted by Gasteiger charge is 2.30.